The second-order valence-electron chi connectivity index (χ2n) is 8.98. The van der Waals surface area contributed by atoms with Gasteiger partial charge in [-0.25, -0.2) is 15.0 Å². The number of benzene rings is 1. The molecule has 0 saturated heterocycles. The molecule has 0 atom stereocenters. The molecule has 42 heavy (non-hydrogen) atoms. The Hall–Kier alpha value is -3.71. The number of halogens is 2. The lowest BCUT2D eigenvalue weighted by Crippen LogP contribution is -2.29. The average Bonchev–Trinajstić information content (AvgIpc) is 3.45. The Morgan fingerprint density at radius 3 is 2.33 bits per heavy atom. The highest BCUT2D eigenvalue weighted by Crippen LogP contribution is 2.44. The molecule has 3 heterocycles. The molecule has 0 fully saturated rings. The van der Waals surface area contributed by atoms with Crippen LogP contribution in [-0.4, -0.2) is 72.1 Å². The number of anilines is 3. The lowest BCUT2D eigenvalue weighted by atomic mass is 10.2. The number of fused-ring (bicyclic) bond motifs is 1. The zero-order chi connectivity index (χ0) is 30.2. The minimum atomic E-state index is -0.476. The number of methoxy groups -OCH3 is 2. The molecule has 4 aromatic rings. The molecule has 1 aromatic carbocycles. The lowest BCUT2D eigenvalue weighted by Gasteiger charge is -2.17. The Labute approximate surface area is 257 Å². The zero-order valence-electron chi connectivity index (χ0n) is 23.6. The van der Waals surface area contributed by atoms with Crippen LogP contribution >= 0.6 is 34.5 Å². The van der Waals surface area contributed by atoms with Crippen LogP contribution in [-0.2, 0) is 0 Å². The monoisotopic (exact) mass is 631 g/mol. The van der Waals surface area contributed by atoms with Crippen LogP contribution in [0.1, 0.15) is 41.0 Å². The molecule has 11 nitrogen and oxygen atoms in total. The van der Waals surface area contributed by atoms with E-state index in [2.05, 4.69) is 49.6 Å². The Balaban J connectivity index is 1.46. The van der Waals surface area contributed by atoms with Crippen molar-refractivity contribution in [2.75, 3.05) is 51.0 Å². The third-order valence-electron chi connectivity index (χ3n) is 6.51. The number of carbonyl (C=O) groups excluding carboxylic acids is 2. The van der Waals surface area contributed by atoms with Crippen LogP contribution in [0.3, 0.4) is 0 Å². The van der Waals surface area contributed by atoms with Gasteiger partial charge in [0.1, 0.15) is 33.7 Å². The first-order chi connectivity index (χ1) is 20.3. The molecule has 222 valence electrons. The highest BCUT2D eigenvalue weighted by atomic mass is 35.5. The van der Waals surface area contributed by atoms with Gasteiger partial charge in [-0.15, -0.1) is 11.3 Å². The first-order valence-corrected chi connectivity index (χ1v) is 14.8. The van der Waals surface area contributed by atoms with Gasteiger partial charge in [-0.05, 0) is 38.2 Å². The van der Waals surface area contributed by atoms with Crippen molar-refractivity contribution in [3.63, 3.8) is 0 Å². The number of hydrogen-bond acceptors (Lipinski definition) is 10. The molecular formula is C28H31Cl2N7O4S. The quantitative estimate of drug-likeness (QED) is 0.155. The third-order valence-corrected chi connectivity index (χ3v) is 8.24. The van der Waals surface area contributed by atoms with Crippen LogP contribution in [0.25, 0.3) is 10.2 Å². The maximum atomic E-state index is 13.3. The van der Waals surface area contributed by atoms with Crippen LogP contribution in [0.4, 0.5) is 17.3 Å². The lowest BCUT2D eigenvalue weighted by molar-refractivity contribution is 0.0950. The normalized spacial score (nSPS) is 11.0. The molecular weight excluding hydrogens is 601 g/mol. The summed E-state index contributed by atoms with van der Waals surface area (Å²) in [7, 11) is 2.90. The van der Waals surface area contributed by atoms with E-state index in [1.54, 1.807) is 17.5 Å². The van der Waals surface area contributed by atoms with Crippen LogP contribution in [0.5, 0.6) is 11.5 Å². The number of amides is 2. The van der Waals surface area contributed by atoms with E-state index in [9.17, 15) is 9.59 Å². The van der Waals surface area contributed by atoms with Crippen molar-refractivity contribution in [3.05, 3.63) is 57.3 Å². The first kappa shape index (κ1) is 31.2. The summed E-state index contributed by atoms with van der Waals surface area (Å²) in [5.74, 6) is 0.877. The van der Waals surface area contributed by atoms with Gasteiger partial charge in [0.2, 0.25) is 0 Å². The van der Waals surface area contributed by atoms with E-state index in [4.69, 9.17) is 32.7 Å². The van der Waals surface area contributed by atoms with Crippen LogP contribution in [0.15, 0.2) is 36.1 Å². The fraction of sp³-hybridized carbons (Fsp3) is 0.321. The van der Waals surface area contributed by atoms with Crippen molar-refractivity contribution in [2.45, 2.75) is 20.3 Å². The number of pyridine rings is 1. The van der Waals surface area contributed by atoms with Crippen LogP contribution in [0.2, 0.25) is 10.0 Å². The number of thiophene rings is 1. The van der Waals surface area contributed by atoms with Crippen LogP contribution in [0, 0.1) is 0 Å². The fourth-order valence-electron chi connectivity index (χ4n) is 4.15. The molecule has 0 saturated carbocycles. The number of ether oxygens (including phenoxy) is 2. The molecule has 0 aliphatic heterocycles. The summed E-state index contributed by atoms with van der Waals surface area (Å²) in [4.78, 5) is 41.1. The summed E-state index contributed by atoms with van der Waals surface area (Å²) >= 11 is 14.1. The SMILES string of the molecule is CCN(CC)CCCNC(=O)c1ccc(Nc2ncnc3c(C(=O)Nc4c(Cl)c(OC)cc(OC)c4Cl)csc23)nc1. The summed E-state index contributed by atoms with van der Waals surface area (Å²) in [5.41, 5.74) is 1.34. The van der Waals surface area contributed by atoms with Crippen LogP contribution < -0.4 is 25.4 Å². The number of aromatic nitrogens is 3. The number of hydrogen-bond donors (Lipinski definition) is 3. The maximum Gasteiger partial charge on any atom is 0.258 e. The standard InChI is InChI=1S/C28H31Cl2N7O4S/c1-5-37(6-2)11-7-10-31-27(38)16-8-9-20(32-13-16)35-26-25-23(33-15-34-26)17(14-42-25)28(39)36-24-21(29)18(40-3)12-19(41-4)22(24)30/h8-9,12-15H,5-7,10-11H2,1-4H3,(H,31,38)(H,36,39)(H,32,33,34,35). The highest BCUT2D eigenvalue weighted by Gasteiger charge is 2.22. The molecule has 4 rings (SSSR count). The summed E-state index contributed by atoms with van der Waals surface area (Å²) in [6.45, 7) is 7.75. The van der Waals surface area contributed by atoms with Crippen molar-refractivity contribution in [3.8, 4) is 11.5 Å². The van der Waals surface area contributed by atoms with Crippen molar-refractivity contribution in [1.82, 2.24) is 25.2 Å². The largest absolute Gasteiger partial charge is 0.495 e. The molecule has 14 heteroatoms. The van der Waals surface area contributed by atoms with E-state index >= 15 is 0 Å². The number of carbonyl (C=O) groups is 2. The van der Waals surface area contributed by atoms with Crippen molar-refractivity contribution in [2.24, 2.45) is 0 Å². The van der Waals surface area contributed by atoms with E-state index in [1.807, 2.05) is 0 Å². The average molecular weight is 633 g/mol. The molecule has 3 N–H and O–H groups in total. The van der Waals surface area contributed by atoms with E-state index in [0.29, 0.717) is 51.0 Å². The van der Waals surface area contributed by atoms with Crippen molar-refractivity contribution in [1.29, 1.82) is 0 Å². The predicted octanol–water partition coefficient (Wildman–Crippen LogP) is 5.87. The van der Waals surface area contributed by atoms with Gasteiger partial charge in [-0.3, -0.25) is 9.59 Å². The number of nitrogens with one attached hydrogen (secondary N) is 3. The molecule has 0 aliphatic rings. The first-order valence-electron chi connectivity index (χ1n) is 13.2. The predicted molar refractivity (Wildman–Crippen MR) is 167 cm³/mol. The van der Waals surface area contributed by atoms with E-state index in [1.165, 1.54) is 44.1 Å². The minimum absolute atomic E-state index is 0.135. The number of nitrogens with zero attached hydrogens (tertiary/aromatic N) is 4. The van der Waals surface area contributed by atoms with Gasteiger partial charge in [0.25, 0.3) is 11.8 Å². The van der Waals surface area contributed by atoms with Gasteiger partial charge in [-0.1, -0.05) is 37.0 Å². The van der Waals surface area contributed by atoms with E-state index < -0.39 is 5.91 Å². The van der Waals surface area contributed by atoms with Gasteiger partial charge in [-0.2, -0.15) is 0 Å². The Morgan fingerprint density at radius 2 is 1.71 bits per heavy atom. The maximum absolute atomic E-state index is 13.3. The zero-order valence-corrected chi connectivity index (χ0v) is 25.9. The summed E-state index contributed by atoms with van der Waals surface area (Å²) < 4.78 is 11.2. The molecule has 0 unspecified atom stereocenters. The van der Waals surface area contributed by atoms with Gasteiger partial charge in [0, 0.05) is 24.2 Å². The highest BCUT2D eigenvalue weighted by molar-refractivity contribution is 7.18. The van der Waals surface area contributed by atoms with Gasteiger partial charge >= 0.3 is 0 Å². The minimum Gasteiger partial charge on any atom is -0.495 e. The van der Waals surface area contributed by atoms with E-state index in [-0.39, 0.29) is 21.6 Å². The van der Waals surface area contributed by atoms with Crippen molar-refractivity contribution < 1.29 is 19.1 Å². The van der Waals surface area contributed by atoms with Crippen molar-refractivity contribution >= 4 is 73.9 Å². The molecule has 0 spiro atoms. The number of rotatable bonds is 13. The third kappa shape index (κ3) is 7.01. The molecule has 0 bridgehead atoms. The molecule has 0 aliphatic carbocycles. The van der Waals surface area contributed by atoms with Gasteiger partial charge in [0.05, 0.1) is 41.3 Å². The summed E-state index contributed by atoms with van der Waals surface area (Å²) in [6.07, 6.45) is 3.73. The Morgan fingerprint density at radius 1 is 1.00 bits per heavy atom. The Kier molecular flexibility index (Phi) is 10.7. The second kappa shape index (κ2) is 14.5. The molecule has 0 radical (unpaired) electrons. The summed E-state index contributed by atoms with van der Waals surface area (Å²) in [5, 5.41) is 10.8. The topological polar surface area (TPSA) is 131 Å². The fourth-order valence-corrected chi connectivity index (χ4v) is 5.69. The molecule has 2 amide bonds. The summed E-state index contributed by atoms with van der Waals surface area (Å²) in [6, 6.07) is 4.92. The van der Waals surface area contributed by atoms with Gasteiger partial charge < -0.3 is 30.3 Å². The second-order valence-corrected chi connectivity index (χ2v) is 10.6. The smallest absolute Gasteiger partial charge is 0.258 e. The van der Waals surface area contributed by atoms with Gasteiger partial charge in [0.15, 0.2) is 5.82 Å². The van der Waals surface area contributed by atoms with E-state index in [0.717, 1.165) is 26.1 Å². The Bertz CT molecular complexity index is 1530. The molecule has 3 aromatic heterocycles.